The third-order valence-electron chi connectivity index (χ3n) is 8.47. The molecule has 2 aliphatic rings. The highest BCUT2D eigenvalue weighted by atomic mass is 32.2. The summed E-state index contributed by atoms with van der Waals surface area (Å²) >= 11 is 0. The number of aromatic amines is 1. The molecule has 6 rings (SSSR count). The molecule has 0 saturated carbocycles. The first-order valence-corrected chi connectivity index (χ1v) is 17.2. The minimum Gasteiger partial charge on any atom is -0.480 e. The zero-order chi connectivity index (χ0) is 35.1. The van der Waals surface area contributed by atoms with Crippen LogP contribution >= 0.6 is 0 Å². The number of sulfonamides is 1. The molecule has 2 aliphatic heterocycles. The third kappa shape index (κ3) is 7.76. The van der Waals surface area contributed by atoms with Crippen LogP contribution in [0.25, 0.3) is 11.1 Å². The van der Waals surface area contributed by atoms with Crippen molar-refractivity contribution in [3.05, 3.63) is 103 Å². The van der Waals surface area contributed by atoms with Crippen molar-refractivity contribution in [3.63, 3.8) is 0 Å². The number of aromatic nitrogens is 2. The Bertz CT molecular complexity index is 1940. The smallest absolute Gasteiger partial charge is 0.410 e. The maximum absolute atomic E-state index is 13.6. The molecule has 2 amide bonds. The van der Waals surface area contributed by atoms with Crippen molar-refractivity contribution in [1.82, 2.24) is 24.5 Å². The second kappa shape index (κ2) is 14.8. The number of hydrogen-bond acceptors (Lipinski definition) is 10. The quantitative estimate of drug-likeness (QED) is 0.150. The van der Waals surface area contributed by atoms with Crippen LogP contribution in [0.15, 0.2) is 107 Å². The number of nitrogens with zero attached hydrogens (tertiary/aromatic N) is 4. The number of amides is 2. The van der Waals surface area contributed by atoms with Gasteiger partial charge in [-0.25, -0.2) is 18.2 Å². The number of carboxylic acid groups (broad SMARTS) is 1. The van der Waals surface area contributed by atoms with Crippen LogP contribution in [-0.2, 0) is 35.8 Å². The maximum Gasteiger partial charge on any atom is 0.410 e. The van der Waals surface area contributed by atoms with E-state index in [1.165, 1.54) is 17.0 Å². The van der Waals surface area contributed by atoms with Gasteiger partial charge < -0.3 is 25.0 Å². The number of nitrogens with one attached hydrogen (secondary N) is 3. The number of imidazole rings is 1. The van der Waals surface area contributed by atoms with E-state index in [1.807, 2.05) is 30.3 Å². The van der Waals surface area contributed by atoms with Crippen molar-refractivity contribution in [2.45, 2.75) is 42.0 Å². The molecule has 50 heavy (non-hydrogen) atoms. The molecule has 1 fully saturated rings. The van der Waals surface area contributed by atoms with Gasteiger partial charge >= 0.3 is 12.1 Å². The van der Waals surface area contributed by atoms with Gasteiger partial charge in [-0.05, 0) is 17.2 Å². The predicted molar refractivity (Wildman–Crippen MR) is 181 cm³/mol. The molecule has 3 atom stereocenters. The number of benzene rings is 3. The molecule has 4 aromatic rings. The Kier molecular flexibility index (Phi) is 10.1. The highest BCUT2D eigenvalue weighted by Gasteiger charge is 2.53. The van der Waals surface area contributed by atoms with Crippen LogP contribution in [0.1, 0.15) is 18.4 Å². The Morgan fingerprint density at radius 1 is 1.10 bits per heavy atom. The zero-order valence-electron chi connectivity index (χ0n) is 26.7. The van der Waals surface area contributed by atoms with E-state index in [0.717, 1.165) is 10.5 Å². The highest BCUT2D eigenvalue weighted by molar-refractivity contribution is 7.89. The summed E-state index contributed by atoms with van der Waals surface area (Å²) in [5, 5.41) is 17.3. The Balaban J connectivity index is 1.15. The summed E-state index contributed by atoms with van der Waals surface area (Å²) in [7, 11) is -4.37. The van der Waals surface area contributed by atoms with Crippen LogP contribution in [0, 0.1) is 0 Å². The van der Waals surface area contributed by atoms with E-state index >= 15 is 0 Å². The molecule has 1 saturated heterocycles. The number of aliphatic carboxylic acids is 1. The number of amidine groups is 1. The van der Waals surface area contributed by atoms with Gasteiger partial charge in [0, 0.05) is 30.9 Å². The van der Waals surface area contributed by atoms with E-state index in [1.54, 1.807) is 54.9 Å². The number of hydrogen-bond donors (Lipinski definition) is 4. The van der Waals surface area contributed by atoms with Crippen LogP contribution in [0.3, 0.4) is 0 Å². The van der Waals surface area contributed by atoms with Gasteiger partial charge in [0.2, 0.25) is 16.4 Å². The molecular formula is C34H35N7O8S. The molecule has 2 unspecified atom stereocenters. The molecular weight excluding hydrogens is 666 g/mol. The first-order valence-electron chi connectivity index (χ1n) is 15.7. The van der Waals surface area contributed by atoms with E-state index < -0.39 is 46.3 Å². The van der Waals surface area contributed by atoms with Crippen LogP contribution in [0.2, 0.25) is 0 Å². The van der Waals surface area contributed by atoms with E-state index in [9.17, 15) is 27.9 Å². The van der Waals surface area contributed by atoms with Crippen LogP contribution in [0.5, 0.6) is 0 Å². The van der Waals surface area contributed by atoms with Crippen molar-refractivity contribution in [2.24, 2.45) is 5.16 Å². The fourth-order valence-electron chi connectivity index (χ4n) is 6.05. The summed E-state index contributed by atoms with van der Waals surface area (Å²) in [5.41, 5.74) is 0.781. The average Bonchev–Trinajstić information content (AvgIpc) is 3.89. The fraction of sp³-hybridized carbons (Fsp3) is 0.265. The fourth-order valence-corrected chi connectivity index (χ4v) is 7.46. The van der Waals surface area contributed by atoms with Gasteiger partial charge in [0.15, 0.2) is 17.4 Å². The molecule has 1 aromatic heterocycles. The standard InChI is InChI=1S/C34H35N7O8S/c42-23-40(20-28(31(43)44)39-50(46,47)29-14-8-7-13-27(29)25-11-5-2-6-12-25)30-18-34(49-38-30)17-26(19-37-32-35-15-16-36-32)41(22-34)33(45)48-21-24-9-3-1-4-10-24/h1-16,23,26,28,39H,17-22H2,(H,43,44)(H2,35,36,37)/t26?,28?,34-/m0/s1. The predicted octanol–water partition coefficient (Wildman–Crippen LogP) is 3.26. The van der Waals surface area contributed by atoms with E-state index in [0.29, 0.717) is 36.5 Å². The normalized spacial score (nSPS) is 19.0. The summed E-state index contributed by atoms with van der Waals surface area (Å²) in [6, 6.07) is 22.1. The second-order valence-corrected chi connectivity index (χ2v) is 13.6. The molecule has 16 heteroatoms. The summed E-state index contributed by atoms with van der Waals surface area (Å²) in [6.07, 6.45) is 3.39. The zero-order valence-corrected chi connectivity index (χ0v) is 27.5. The monoisotopic (exact) mass is 701 g/mol. The maximum atomic E-state index is 13.6. The van der Waals surface area contributed by atoms with Gasteiger partial charge in [-0.15, -0.1) is 0 Å². The molecule has 3 heterocycles. The van der Waals surface area contributed by atoms with Crippen molar-refractivity contribution in [3.8, 4) is 11.1 Å². The second-order valence-electron chi connectivity index (χ2n) is 11.9. The SMILES string of the molecule is O=CN(CC(NS(=O)(=O)c1ccccc1-c1ccccc1)C(=O)O)C1=NO[C@]2(C1)CC(CNc1ncc[nH]1)N(C(=O)OCc1ccccc1)C2. The number of likely N-dealkylation sites (tertiary alicyclic amines) is 1. The first-order chi connectivity index (χ1) is 24.2. The summed E-state index contributed by atoms with van der Waals surface area (Å²) < 4.78 is 35.0. The van der Waals surface area contributed by atoms with Crippen molar-refractivity contribution in [1.29, 1.82) is 0 Å². The van der Waals surface area contributed by atoms with Gasteiger partial charge in [-0.1, -0.05) is 84.0 Å². The molecule has 260 valence electrons. The van der Waals surface area contributed by atoms with Crippen LogP contribution < -0.4 is 10.0 Å². The number of anilines is 1. The minimum absolute atomic E-state index is 0.0430. The Hall–Kier alpha value is -5.74. The third-order valence-corrected chi connectivity index (χ3v) is 10.00. The Labute approximate surface area is 287 Å². The number of rotatable bonds is 13. The summed E-state index contributed by atoms with van der Waals surface area (Å²) in [5.74, 6) is -0.898. The summed E-state index contributed by atoms with van der Waals surface area (Å²) in [6.45, 7) is -0.156. The number of ether oxygens (including phenoxy) is 1. The van der Waals surface area contributed by atoms with Crippen molar-refractivity contribution < 1.29 is 37.5 Å². The Morgan fingerprint density at radius 3 is 2.52 bits per heavy atom. The van der Waals surface area contributed by atoms with E-state index in [4.69, 9.17) is 9.57 Å². The van der Waals surface area contributed by atoms with Gasteiger partial charge in [0.05, 0.1) is 30.4 Å². The number of oxime groups is 1. The largest absolute Gasteiger partial charge is 0.480 e. The van der Waals surface area contributed by atoms with Gasteiger partial charge in [0.25, 0.3) is 0 Å². The lowest BCUT2D eigenvalue weighted by atomic mass is 9.95. The lowest BCUT2D eigenvalue weighted by Gasteiger charge is -2.24. The summed E-state index contributed by atoms with van der Waals surface area (Å²) in [4.78, 5) is 53.5. The van der Waals surface area contributed by atoms with E-state index in [-0.39, 0.29) is 30.3 Å². The minimum atomic E-state index is -4.37. The van der Waals surface area contributed by atoms with Crippen LogP contribution in [-0.4, -0.2) is 94.9 Å². The first kappa shape index (κ1) is 34.1. The van der Waals surface area contributed by atoms with Crippen LogP contribution in [0.4, 0.5) is 10.7 Å². The Morgan fingerprint density at radius 2 is 1.82 bits per heavy atom. The molecule has 0 bridgehead atoms. The molecule has 1 spiro atoms. The van der Waals surface area contributed by atoms with Gasteiger partial charge in [-0.3, -0.25) is 19.4 Å². The lowest BCUT2D eigenvalue weighted by molar-refractivity contribution is -0.139. The molecule has 3 aromatic carbocycles. The van der Waals surface area contributed by atoms with Gasteiger partial charge in [0.1, 0.15) is 12.6 Å². The molecule has 0 radical (unpaired) electrons. The number of carbonyl (C=O) groups excluding carboxylic acids is 2. The lowest BCUT2D eigenvalue weighted by Crippen LogP contribution is -2.50. The molecule has 15 nitrogen and oxygen atoms in total. The average molecular weight is 702 g/mol. The number of carboxylic acids is 1. The van der Waals surface area contributed by atoms with Crippen molar-refractivity contribution >= 4 is 40.3 Å². The number of carbonyl (C=O) groups is 3. The molecule has 4 N–H and O–H groups in total. The highest BCUT2D eigenvalue weighted by Crippen LogP contribution is 2.38. The van der Waals surface area contributed by atoms with E-state index in [2.05, 4.69) is 25.2 Å². The number of H-pyrrole nitrogens is 1. The molecule has 0 aliphatic carbocycles. The topological polar surface area (TPSA) is 196 Å². The van der Waals surface area contributed by atoms with Gasteiger partial charge in [-0.2, -0.15) is 4.72 Å². The van der Waals surface area contributed by atoms with Crippen molar-refractivity contribution in [2.75, 3.05) is 25.0 Å².